The first-order chi connectivity index (χ1) is 15.9. The molecule has 7 heteroatoms. The molecule has 2 amide bonds. The second-order valence-corrected chi connectivity index (χ2v) is 9.86. The second-order valence-electron chi connectivity index (χ2n) is 9.86. The normalized spacial score (nSPS) is 20.3. The van der Waals surface area contributed by atoms with E-state index in [9.17, 15) is 9.59 Å². The van der Waals surface area contributed by atoms with Gasteiger partial charge in [0.25, 0.3) is 5.91 Å². The van der Waals surface area contributed by atoms with Crippen LogP contribution in [0.4, 0.5) is 0 Å². The van der Waals surface area contributed by atoms with Gasteiger partial charge in [0.2, 0.25) is 11.8 Å². The van der Waals surface area contributed by atoms with Crippen molar-refractivity contribution in [3.63, 3.8) is 0 Å². The zero-order chi connectivity index (χ0) is 22.7. The summed E-state index contributed by atoms with van der Waals surface area (Å²) in [5.74, 6) is 2.08. The molecule has 1 aromatic heterocycles. The maximum absolute atomic E-state index is 13.1. The lowest BCUT2D eigenvalue weighted by Crippen LogP contribution is -2.55. The molecule has 0 radical (unpaired) electrons. The maximum Gasteiger partial charge on any atom is 0.255 e. The van der Waals surface area contributed by atoms with Gasteiger partial charge in [0.05, 0.1) is 0 Å². The molecule has 2 aliphatic heterocycles. The van der Waals surface area contributed by atoms with Gasteiger partial charge in [0.15, 0.2) is 5.58 Å². The van der Waals surface area contributed by atoms with Gasteiger partial charge in [0.1, 0.15) is 16.9 Å². The van der Waals surface area contributed by atoms with Crippen LogP contribution >= 0.6 is 0 Å². The Kier molecular flexibility index (Phi) is 4.44. The van der Waals surface area contributed by atoms with Crippen molar-refractivity contribution in [3.05, 3.63) is 54.1 Å². The highest BCUT2D eigenvalue weighted by atomic mass is 16.3. The van der Waals surface area contributed by atoms with E-state index >= 15 is 0 Å². The Morgan fingerprint density at radius 2 is 1.76 bits per heavy atom. The quantitative estimate of drug-likeness (QED) is 0.603. The van der Waals surface area contributed by atoms with Crippen LogP contribution in [0.15, 0.2) is 57.9 Å². The van der Waals surface area contributed by atoms with Gasteiger partial charge in [-0.05, 0) is 51.0 Å². The Hall–Kier alpha value is -3.48. The van der Waals surface area contributed by atoms with Crippen molar-refractivity contribution in [3.8, 4) is 11.5 Å². The van der Waals surface area contributed by atoms with E-state index in [-0.39, 0.29) is 23.7 Å². The van der Waals surface area contributed by atoms with Crippen molar-refractivity contribution >= 4 is 28.7 Å². The number of nitrogens with zero attached hydrogens (tertiary/aromatic N) is 4. The average molecular weight is 443 g/mol. The average Bonchev–Trinajstić information content (AvgIpc) is 3.50. The van der Waals surface area contributed by atoms with Gasteiger partial charge < -0.3 is 9.32 Å². The largest absolute Gasteiger partial charge is 0.436 e. The number of amides is 2. The number of likely N-dealkylation sites (tertiary alicyclic amines) is 1. The predicted octanol–water partition coefficient (Wildman–Crippen LogP) is 3.73. The Labute approximate surface area is 192 Å². The number of oxazole rings is 1. The first kappa shape index (κ1) is 20.1. The molecule has 33 heavy (non-hydrogen) atoms. The summed E-state index contributed by atoms with van der Waals surface area (Å²) >= 11 is 0. The summed E-state index contributed by atoms with van der Waals surface area (Å²) in [7, 11) is 0. The zero-order valence-corrected chi connectivity index (χ0v) is 18.8. The van der Waals surface area contributed by atoms with Crippen LogP contribution in [0.3, 0.4) is 0 Å². The van der Waals surface area contributed by atoms with Gasteiger partial charge in [-0.1, -0.05) is 24.3 Å². The fourth-order valence-electron chi connectivity index (χ4n) is 4.66. The van der Waals surface area contributed by atoms with Crippen molar-refractivity contribution in [2.45, 2.75) is 32.2 Å². The zero-order valence-electron chi connectivity index (χ0n) is 18.8. The summed E-state index contributed by atoms with van der Waals surface area (Å²) in [4.78, 5) is 38.4. The van der Waals surface area contributed by atoms with E-state index in [1.165, 1.54) is 0 Å². The summed E-state index contributed by atoms with van der Waals surface area (Å²) in [6.07, 6.45) is 2.05. The first-order valence-electron chi connectivity index (χ1n) is 11.6. The number of hydrogen-bond acceptors (Lipinski definition) is 5. The standard InChI is InChI=1S/C26H26N4O3/c1-26(2)25(32)30(15-16-13-29(14-16)24(31)19-11-12-19)22(28-26)17-7-9-18(10-8-17)23-27-20-5-3-4-6-21(20)33-23/h3-10,16,19H,11-15H2,1-2H3. The molecule has 7 nitrogen and oxygen atoms in total. The Morgan fingerprint density at radius 3 is 2.45 bits per heavy atom. The molecule has 0 bridgehead atoms. The number of benzene rings is 2. The van der Waals surface area contributed by atoms with Crippen LogP contribution in [0.1, 0.15) is 32.3 Å². The highest BCUT2D eigenvalue weighted by Gasteiger charge is 2.45. The third kappa shape index (κ3) is 3.52. The minimum atomic E-state index is -0.790. The molecule has 1 aliphatic carbocycles. The van der Waals surface area contributed by atoms with Gasteiger partial charge >= 0.3 is 0 Å². The van der Waals surface area contributed by atoms with Gasteiger partial charge in [-0.2, -0.15) is 0 Å². The molecule has 3 aliphatic rings. The number of carbonyl (C=O) groups is 2. The van der Waals surface area contributed by atoms with Crippen molar-refractivity contribution in [2.24, 2.45) is 16.8 Å². The summed E-state index contributed by atoms with van der Waals surface area (Å²) in [6, 6.07) is 15.5. The highest BCUT2D eigenvalue weighted by Crippen LogP contribution is 2.34. The Bertz CT molecular complexity index is 1250. The summed E-state index contributed by atoms with van der Waals surface area (Å²) in [5.41, 5.74) is 2.55. The fourth-order valence-corrected chi connectivity index (χ4v) is 4.66. The molecule has 1 saturated carbocycles. The van der Waals surface area contributed by atoms with Gasteiger partial charge in [-0.15, -0.1) is 0 Å². The summed E-state index contributed by atoms with van der Waals surface area (Å²) < 4.78 is 5.88. The topological polar surface area (TPSA) is 79.0 Å². The smallest absolute Gasteiger partial charge is 0.255 e. The van der Waals surface area contributed by atoms with Crippen LogP contribution in [-0.2, 0) is 9.59 Å². The SMILES string of the molecule is CC1(C)N=C(c2ccc(-c3nc4ccccc4o3)cc2)N(CC2CN(C(=O)C3CC3)C2)C1=O. The lowest BCUT2D eigenvalue weighted by Gasteiger charge is -2.41. The molecule has 2 fully saturated rings. The second kappa shape index (κ2) is 7.27. The van der Waals surface area contributed by atoms with Gasteiger partial charge in [0, 0.05) is 42.6 Å². The number of para-hydroxylation sites is 2. The molecule has 6 rings (SSSR count). The lowest BCUT2D eigenvalue weighted by molar-refractivity contribution is -0.140. The fraction of sp³-hybridized carbons (Fsp3) is 0.385. The maximum atomic E-state index is 13.1. The minimum absolute atomic E-state index is 0.00694. The minimum Gasteiger partial charge on any atom is -0.436 e. The Balaban J connectivity index is 1.21. The van der Waals surface area contributed by atoms with Crippen molar-refractivity contribution in [1.29, 1.82) is 0 Å². The molecule has 0 spiro atoms. The van der Waals surface area contributed by atoms with Crippen LogP contribution < -0.4 is 0 Å². The van der Waals surface area contributed by atoms with E-state index < -0.39 is 5.54 Å². The molecule has 3 aromatic rings. The van der Waals surface area contributed by atoms with Crippen LogP contribution in [0.2, 0.25) is 0 Å². The predicted molar refractivity (Wildman–Crippen MR) is 125 cm³/mol. The van der Waals surface area contributed by atoms with Crippen molar-refractivity contribution in [1.82, 2.24) is 14.8 Å². The van der Waals surface area contributed by atoms with Crippen LogP contribution in [0.25, 0.3) is 22.6 Å². The monoisotopic (exact) mass is 442 g/mol. The summed E-state index contributed by atoms with van der Waals surface area (Å²) in [5, 5.41) is 0. The van der Waals surface area contributed by atoms with E-state index in [4.69, 9.17) is 9.41 Å². The number of aliphatic imine (C=N–C) groups is 1. The van der Waals surface area contributed by atoms with Crippen molar-refractivity contribution < 1.29 is 14.0 Å². The van der Waals surface area contributed by atoms with E-state index in [1.807, 2.05) is 67.3 Å². The number of rotatable bonds is 5. The molecular weight excluding hydrogens is 416 g/mol. The van der Waals surface area contributed by atoms with E-state index in [0.29, 0.717) is 18.3 Å². The van der Waals surface area contributed by atoms with Crippen LogP contribution in [0.5, 0.6) is 0 Å². The number of fused-ring (bicyclic) bond motifs is 1. The molecule has 0 atom stereocenters. The third-order valence-electron chi connectivity index (χ3n) is 6.73. The summed E-state index contributed by atoms with van der Waals surface area (Å²) in [6.45, 7) is 5.74. The van der Waals surface area contributed by atoms with E-state index in [0.717, 1.165) is 48.2 Å². The molecular formula is C26H26N4O3. The number of hydrogen-bond donors (Lipinski definition) is 0. The molecule has 2 aromatic carbocycles. The van der Waals surface area contributed by atoms with Gasteiger partial charge in [-0.3, -0.25) is 19.5 Å². The van der Waals surface area contributed by atoms with Gasteiger partial charge in [-0.25, -0.2) is 4.98 Å². The van der Waals surface area contributed by atoms with E-state index in [2.05, 4.69) is 4.98 Å². The molecule has 3 heterocycles. The Morgan fingerprint density at radius 1 is 1.06 bits per heavy atom. The first-order valence-corrected chi connectivity index (χ1v) is 11.6. The lowest BCUT2D eigenvalue weighted by atomic mass is 9.97. The molecule has 1 saturated heterocycles. The molecule has 168 valence electrons. The molecule has 0 N–H and O–H groups in total. The number of carbonyl (C=O) groups excluding carboxylic acids is 2. The van der Waals surface area contributed by atoms with E-state index in [1.54, 1.807) is 4.90 Å². The van der Waals surface area contributed by atoms with Crippen LogP contribution in [0, 0.1) is 11.8 Å². The number of amidine groups is 1. The molecule has 0 unspecified atom stereocenters. The van der Waals surface area contributed by atoms with Crippen molar-refractivity contribution in [2.75, 3.05) is 19.6 Å². The highest BCUT2D eigenvalue weighted by molar-refractivity contribution is 6.15. The number of aromatic nitrogens is 1. The van der Waals surface area contributed by atoms with Crippen LogP contribution in [-0.4, -0.2) is 57.6 Å². The third-order valence-corrected chi connectivity index (χ3v) is 6.73.